The van der Waals surface area contributed by atoms with Gasteiger partial charge < -0.3 is 9.22 Å². The Balaban J connectivity index is 1.34. The second-order valence-electron chi connectivity index (χ2n) is 9.38. The van der Waals surface area contributed by atoms with Crippen molar-refractivity contribution >= 4 is 12.2 Å². The van der Waals surface area contributed by atoms with Crippen molar-refractivity contribution in [1.29, 1.82) is 0 Å². The Hall–Kier alpha value is -3.46. The van der Waals surface area contributed by atoms with Crippen LogP contribution in [0.1, 0.15) is 33.9 Å². The Morgan fingerprint density at radius 3 is 1.62 bits per heavy atom. The lowest BCUT2D eigenvalue weighted by molar-refractivity contribution is -0.904. The Bertz CT molecular complexity index is 1110. The topological polar surface area (TPSA) is 9.23 Å². The fourth-order valence-electron chi connectivity index (χ4n) is 4.12. The number of quaternary nitrogens is 1. The van der Waals surface area contributed by atoms with Crippen LogP contribution >= 0.6 is 0 Å². The van der Waals surface area contributed by atoms with E-state index < -0.39 is 0 Å². The first-order valence-corrected chi connectivity index (χ1v) is 11.9. The van der Waals surface area contributed by atoms with Crippen LogP contribution in [0.15, 0.2) is 115 Å². The van der Waals surface area contributed by atoms with Crippen LogP contribution in [0.3, 0.4) is 0 Å². The molecule has 0 aliphatic heterocycles. The molecule has 0 aromatic heterocycles. The highest BCUT2D eigenvalue weighted by Crippen LogP contribution is 2.26. The maximum atomic E-state index is 6.46. The molecule has 0 aliphatic rings. The van der Waals surface area contributed by atoms with Gasteiger partial charge in [-0.15, -0.1) is 0 Å². The molecule has 0 amide bonds. The van der Waals surface area contributed by atoms with E-state index in [0.29, 0.717) is 6.61 Å². The molecule has 0 unspecified atom stereocenters. The second-order valence-corrected chi connectivity index (χ2v) is 9.38. The zero-order valence-electron chi connectivity index (χ0n) is 20.2. The lowest BCUT2D eigenvalue weighted by Crippen LogP contribution is -2.41. The molecule has 2 nitrogen and oxygen atoms in total. The summed E-state index contributed by atoms with van der Waals surface area (Å²) in [5.41, 5.74) is 6.16. The maximum absolute atomic E-state index is 6.46. The molecule has 0 aliphatic carbocycles. The Morgan fingerprint density at radius 1 is 0.618 bits per heavy atom. The lowest BCUT2D eigenvalue weighted by Gasteiger charge is -2.31. The molecular formula is C32H34NO+. The van der Waals surface area contributed by atoms with Gasteiger partial charge in [0.1, 0.15) is 19.2 Å². The minimum atomic E-state index is -0.0434. The number of likely N-dealkylation sites (N-methyl/N-ethyl adjacent to an activating group) is 1. The van der Waals surface area contributed by atoms with Crippen LogP contribution in [-0.4, -0.2) is 31.7 Å². The van der Waals surface area contributed by atoms with Crippen LogP contribution in [0.25, 0.3) is 12.2 Å². The predicted molar refractivity (Wildman–Crippen MR) is 143 cm³/mol. The van der Waals surface area contributed by atoms with E-state index in [1.165, 1.54) is 27.8 Å². The summed E-state index contributed by atoms with van der Waals surface area (Å²) < 4.78 is 7.33. The highest BCUT2D eigenvalue weighted by atomic mass is 16.5. The van der Waals surface area contributed by atoms with Gasteiger partial charge in [0, 0.05) is 5.56 Å². The summed E-state index contributed by atoms with van der Waals surface area (Å²) in [5.74, 6) is 0. The summed E-state index contributed by atoms with van der Waals surface area (Å²) in [6.07, 6.45) is 4.28. The van der Waals surface area contributed by atoms with Crippen molar-refractivity contribution in [3.05, 3.63) is 143 Å². The molecule has 0 atom stereocenters. The highest BCUT2D eigenvalue weighted by molar-refractivity contribution is 5.69. The average Bonchev–Trinajstić information content (AvgIpc) is 2.88. The van der Waals surface area contributed by atoms with Crippen molar-refractivity contribution in [2.75, 3.05) is 27.2 Å². The Morgan fingerprint density at radius 2 is 1.09 bits per heavy atom. The lowest BCUT2D eigenvalue weighted by atomic mass is 10.0. The molecule has 172 valence electrons. The molecule has 0 spiro atoms. The summed E-state index contributed by atoms with van der Waals surface area (Å²) in [4.78, 5) is 0. The predicted octanol–water partition coefficient (Wildman–Crippen LogP) is 7.24. The van der Waals surface area contributed by atoms with E-state index in [-0.39, 0.29) is 6.10 Å². The summed E-state index contributed by atoms with van der Waals surface area (Å²) >= 11 is 0. The average molecular weight is 449 g/mol. The summed E-state index contributed by atoms with van der Waals surface area (Å²) in [6.45, 7) is 2.60. The Kier molecular flexibility index (Phi) is 8.08. The second kappa shape index (κ2) is 11.6. The number of nitrogens with zero attached hydrogens (tertiary/aromatic N) is 1. The van der Waals surface area contributed by atoms with Crippen LogP contribution in [0.5, 0.6) is 0 Å². The van der Waals surface area contributed by atoms with Crippen LogP contribution in [-0.2, 0) is 11.3 Å². The third kappa shape index (κ3) is 7.02. The van der Waals surface area contributed by atoms with Crippen molar-refractivity contribution < 1.29 is 9.22 Å². The van der Waals surface area contributed by atoms with Crippen LogP contribution in [0, 0.1) is 0 Å². The third-order valence-electron chi connectivity index (χ3n) is 6.04. The first kappa shape index (κ1) is 23.7. The first-order valence-electron chi connectivity index (χ1n) is 11.9. The molecule has 0 saturated heterocycles. The zero-order chi connectivity index (χ0) is 23.6. The molecule has 0 radical (unpaired) electrons. The van der Waals surface area contributed by atoms with E-state index >= 15 is 0 Å². The van der Waals surface area contributed by atoms with E-state index in [2.05, 4.69) is 123 Å². The van der Waals surface area contributed by atoms with E-state index in [4.69, 9.17) is 4.74 Å². The Labute approximate surface area is 204 Å². The fourth-order valence-corrected chi connectivity index (χ4v) is 4.12. The van der Waals surface area contributed by atoms with Crippen LogP contribution < -0.4 is 0 Å². The summed E-state index contributed by atoms with van der Waals surface area (Å²) in [7, 11) is 4.54. The van der Waals surface area contributed by atoms with E-state index in [1.54, 1.807) is 0 Å². The van der Waals surface area contributed by atoms with Gasteiger partial charge in [-0.25, -0.2) is 0 Å². The van der Waals surface area contributed by atoms with Gasteiger partial charge >= 0.3 is 0 Å². The molecule has 0 fully saturated rings. The largest absolute Gasteiger partial charge is 0.363 e. The molecule has 4 rings (SSSR count). The summed E-state index contributed by atoms with van der Waals surface area (Å²) in [6, 6.07) is 40.3. The maximum Gasteiger partial charge on any atom is 0.108 e. The van der Waals surface area contributed by atoms with E-state index in [1.807, 2.05) is 18.2 Å². The summed E-state index contributed by atoms with van der Waals surface area (Å²) in [5, 5.41) is 0. The zero-order valence-corrected chi connectivity index (χ0v) is 20.2. The molecule has 2 heteroatoms. The van der Waals surface area contributed by atoms with E-state index in [0.717, 1.165) is 17.6 Å². The van der Waals surface area contributed by atoms with Crippen molar-refractivity contribution in [2.45, 2.75) is 12.6 Å². The minimum Gasteiger partial charge on any atom is -0.363 e. The van der Waals surface area contributed by atoms with Gasteiger partial charge in [0.15, 0.2) is 0 Å². The van der Waals surface area contributed by atoms with Crippen molar-refractivity contribution in [1.82, 2.24) is 0 Å². The molecule has 0 bridgehead atoms. The first-order chi connectivity index (χ1) is 16.6. The molecule has 34 heavy (non-hydrogen) atoms. The van der Waals surface area contributed by atoms with Gasteiger partial charge in [0.2, 0.25) is 0 Å². The third-order valence-corrected chi connectivity index (χ3v) is 6.04. The minimum absolute atomic E-state index is 0.0434. The molecule has 4 aromatic rings. The number of hydrogen-bond acceptors (Lipinski definition) is 1. The number of rotatable bonds is 10. The normalized spacial score (nSPS) is 11.9. The molecule has 0 N–H and O–H groups in total. The quantitative estimate of drug-likeness (QED) is 0.183. The van der Waals surface area contributed by atoms with E-state index in [9.17, 15) is 0 Å². The number of hydrogen-bond donors (Lipinski definition) is 0. The van der Waals surface area contributed by atoms with Crippen molar-refractivity contribution in [3.63, 3.8) is 0 Å². The smallest absolute Gasteiger partial charge is 0.108 e. The van der Waals surface area contributed by atoms with Crippen LogP contribution in [0.4, 0.5) is 0 Å². The van der Waals surface area contributed by atoms with Crippen molar-refractivity contribution in [3.8, 4) is 0 Å². The number of ether oxygens (including phenoxy) is 1. The molecule has 0 heterocycles. The van der Waals surface area contributed by atoms with Crippen LogP contribution in [0.2, 0.25) is 0 Å². The monoisotopic (exact) mass is 448 g/mol. The SMILES string of the molecule is C[N+](C)(CCOC(c1ccccc1)c1ccccc1)Cc1ccc(C=Cc2ccccc2)cc1. The molecule has 4 aromatic carbocycles. The molecule has 0 saturated carbocycles. The van der Waals surface area contributed by atoms with Gasteiger partial charge in [-0.1, -0.05) is 127 Å². The van der Waals surface area contributed by atoms with Gasteiger partial charge in [0.25, 0.3) is 0 Å². The standard InChI is InChI=1S/C32H34NO/c1-33(2,26-29-22-20-28(21-23-29)19-18-27-12-6-3-7-13-27)24-25-34-32(30-14-8-4-9-15-30)31-16-10-5-11-17-31/h3-23,32H,24-26H2,1-2H3/q+1. The van der Waals surface area contributed by atoms with Crippen molar-refractivity contribution in [2.24, 2.45) is 0 Å². The van der Waals surface area contributed by atoms with Gasteiger partial charge in [-0.05, 0) is 22.3 Å². The number of benzene rings is 4. The van der Waals surface area contributed by atoms with Gasteiger partial charge in [0.05, 0.1) is 20.7 Å². The fraction of sp³-hybridized carbons (Fsp3) is 0.188. The van der Waals surface area contributed by atoms with Gasteiger partial charge in [-0.3, -0.25) is 0 Å². The molecular weight excluding hydrogens is 414 g/mol. The van der Waals surface area contributed by atoms with Gasteiger partial charge in [-0.2, -0.15) is 0 Å². The highest BCUT2D eigenvalue weighted by Gasteiger charge is 2.19.